The molecule has 1 fully saturated rings. The fourth-order valence-electron chi connectivity index (χ4n) is 2.31. The van der Waals surface area contributed by atoms with Gasteiger partial charge in [0.25, 0.3) is 5.91 Å². The Labute approximate surface area is 125 Å². The zero-order valence-electron chi connectivity index (χ0n) is 12.4. The van der Waals surface area contributed by atoms with Crippen molar-refractivity contribution in [2.75, 3.05) is 32.8 Å². The molecule has 1 aliphatic rings. The number of hydrazine groups is 1. The molecule has 0 bridgehead atoms. The first-order valence-corrected chi connectivity index (χ1v) is 7.30. The van der Waals surface area contributed by atoms with Gasteiger partial charge in [0.05, 0.1) is 12.7 Å². The van der Waals surface area contributed by atoms with Gasteiger partial charge >= 0.3 is 0 Å². The Bertz CT molecular complexity index is 450. The number of benzene rings is 1. The van der Waals surface area contributed by atoms with E-state index < -0.39 is 0 Å². The van der Waals surface area contributed by atoms with Crippen molar-refractivity contribution in [1.29, 1.82) is 0 Å². The van der Waals surface area contributed by atoms with Crippen LogP contribution in [0.5, 0.6) is 5.75 Å². The smallest absolute Gasteiger partial charge is 0.265 e. The number of nitrogen functional groups attached to an aromatic ring is 1. The summed E-state index contributed by atoms with van der Waals surface area (Å²) in [5.74, 6) is 5.53. The highest BCUT2D eigenvalue weighted by molar-refractivity contribution is 5.93. The van der Waals surface area contributed by atoms with Crippen molar-refractivity contribution in [1.82, 2.24) is 10.3 Å². The van der Waals surface area contributed by atoms with Gasteiger partial charge in [-0.15, -0.1) is 0 Å². The summed E-state index contributed by atoms with van der Waals surface area (Å²) >= 11 is 0. The van der Waals surface area contributed by atoms with E-state index in [-0.39, 0.29) is 5.91 Å². The van der Waals surface area contributed by atoms with Gasteiger partial charge in [-0.2, -0.15) is 0 Å². The van der Waals surface area contributed by atoms with Gasteiger partial charge in [-0.25, -0.2) is 5.84 Å². The quantitative estimate of drug-likeness (QED) is 0.460. The lowest BCUT2D eigenvalue weighted by Crippen LogP contribution is -2.43. The molecule has 6 heteroatoms. The summed E-state index contributed by atoms with van der Waals surface area (Å²) in [7, 11) is 0. The van der Waals surface area contributed by atoms with Crippen LogP contribution in [0.4, 0.5) is 0 Å². The minimum absolute atomic E-state index is 0.305. The maximum Gasteiger partial charge on any atom is 0.265 e. The second kappa shape index (κ2) is 7.97. The molecule has 1 aromatic carbocycles. The van der Waals surface area contributed by atoms with Gasteiger partial charge in [0, 0.05) is 25.2 Å². The van der Waals surface area contributed by atoms with Crippen LogP contribution in [0.1, 0.15) is 23.7 Å². The van der Waals surface area contributed by atoms with Crippen molar-refractivity contribution in [3.63, 3.8) is 0 Å². The van der Waals surface area contributed by atoms with Crippen molar-refractivity contribution in [3.8, 4) is 5.75 Å². The van der Waals surface area contributed by atoms with Crippen LogP contribution in [0.3, 0.4) is 0 Å². The van der Waals surface area contributed by atoms with Crippen LogP contribution >= 0.6 is 0 Å². The average Bonchev–Trinajstić information content (AvgIpc) is 2.55. The molecule has 1 saturated heterocycles. The largest absolute Gasteiger partial charge is 0.492 e. The molecule has 1 amide bonds. The molecule has 2 rings (SSSR count). The summed E-state index contributed by atoms with van der Waals surface area (Å²) in [5.41, 5.74) is 2.62. The third-order valence-corrected chi connectivity index (χ3v) is 3.60. The molecular weight excluding hydrogens is 270 g/mol. The molecule has 0 aliphatic carbocycles. The first-order chi connectivity index (χ1) is 10.2. The van der Waals surface area contributed by atoms with Crippen molar-refractivity contribution < 1.29 is 14.3 Å². The standard InChI is InChI=1S/C15H23N3O3/c1-2-13-11-18(7-9-20-13)8-10-21-14-5-3-12(4-6-14)15(19)17-16/h3-6,13H,2,7-11,16H2,1H3,(H,17,19). The number of hydrogen-bond donors (Lipinski definition) is 2. The monoisotopic (exact) mass is 293 g/mol. The lowest BCUT2D eigenvalue weighted by molar-refractivity contribution is -0.0324. The summed E-state index contributed by atoms with van der Waals surface area (Å²) in [4.78, 5) is 13.7. The molecule has 0 spiro atoms. The number of nitrogens with two attached hydrogens (primary N) is 1. The van der Waals surface area contributed by atoms with Gasteiger partial charge in [-0.1, -0.05) is 6.92 Å². The summed E-state index contributed by atoms with van der Waals surface area (Å²) in [6.07, 6.45) is 1.38. The molecule has 1 aromatic rings. The molecule has 1 aliphatic heterocycles. The number of nitrogens with zero attached hydrogens (tertiary/aromatic N) is 1. The molecule has 0 aromatic heterocycles. The molecule has 3 N–H and O–H groups in total. The van der Waals surface area contributed by atoms with Gasteiger partial charge in [-0.05, 0) is 30.7 Å². The number of nitrogens with one attached hydrogen (secondary N) is 1. The minimum Gasteiger partial charge on any atom is -0.492 e. The van der Waals surface area contributed by atoms with Crippen LogP contribution in [0.2, 0.25) is 0 Å². The zero-order valence-corrected chi connectivity index (χ0v) is 12.4. The lowest BCUT2D eigenvalue weighted by Gasteiger charge is -2.32. The minimum atomic E-state index is -0.305. The van der Waals surface area contributed by atoms with E-state index in [1.54, 1.807) is 24.3 Å². The van der Waals surface area contributed by atoms with E-state index in [0.29, 0.717) is 18.3 Å². The van der Waals surface area contributed by atoms with Gasteiger partial charge < -0.3 is 9.47 Å². The first kappa shape index (κ1) is 15.8. The molecule has 1 unspecified atom stereocenters. The number of carbonyl (C=O) groups is 1. The first-order valence-electron chi connectivity index (χ1n) is 7.30. The fraction of sp³-hybridized carbons (Fsp3) is 0.533. The normalized spacial score (nSPS) is 19.2. The third-order valence-electron chi connectivity index (χ3n) is 3.60. The molecule has 21 heavy (non-hydrogen) atoms. The predicted octanol–water partition coefficient (Wildman–Crippen LogP) is 0.780. The molecular formula is C15H23N3O3. The van der Waals surface area contributed by atoms with Crippen LogP contribution in [-0.4, -0.2) is 49.8 Å². The van der Waals surface area contributed by atoms with Crippen LogP contribution in [-0.2, 0) is 4.74 Å². The molecule has 0 saturated carbocycles. The Hall–Kier alpha value is -1.63. The Morgan fingerprint density at radius 1 is 1.48 bits per heavy atom. The maximum atomic E-state index is 11.3. The highest BCUT2D eigenvalue weighted by Crippen LogP contribution is 2.13. The van der Waals surface area contributed by atoms with Crippen molar-refractivity contribution >= 4 is 5.91 Å². The Morgan fingerprint density at radius 2 is 2.24 bits per heavy atom. The van der Waals surface area contributed by atoms with E-state index in [0.717, 1.165) is 38.4 Å². The number of rotatable bonds is 6. The summed E-state index contributed by atoms with van der Waals surface area (Å²) < 4.78 is 11.3. The van der Waals surface area contributed by atoms with Gasteiger partial charge in [0.2, 0.25) is 0 Å². The van der Waals surface area contributed by atoms with Crippen LogP contribution in [0.25, 0.3) is 0 Å². The number of morpholine rings is 1. The van der Waals surface area contributed by atoms with Crippen molar-refractivity contribution in [2.45, 2.75) is 19.4 Å². The van der Waals surface area contributed by atoms with Crippen molar-refractivity contribution in [3.05, 3.63) is 29.8 Å². The van der Waals surface area contributed by atoms with Crippen LogP contribution in [0, 0.1) is 0 Å². The van der Waals surface area contributed by atoms with Gasteiger partial charge in [0.1, 0.15) is 12.4 Å². The SMILES string of the molecule is CCC1CN(CCOc2ccc(C(=O)NN)cc2)CCO1. The average molecular weight is 293 g/mol. The number of carbonyl (C=O) groups excluding carboxylic acids is 1. The highest BCUT2D eigenvalue weighted by Gasteiger charge is 2.18. The van der Waals surface area contributed by atoms with E-state index in [4.69, 9.17) is 15.3 Å². The molecule has 1 atom stereocenters. The van der Waals surface area contributed by atoms with Crippen LogP contribution in [0.15, 0.2) is 24.3 Å². The van der Waals surface area contributed by atoms with E-state index in [1.165, 1.54) is 0 Å². The second-order valence-corrected chi connectivity index (χ2v) is 5.05. The summed E-state index contributed by atoms with van der Waals surface area (Å²) in [6.45, 7) is 6.36. The fourth-order valence-corrected chi connectivity index (χ4v) is 2.31. The number of hydrogen-bond acceptors (Lipinski definition) is 5. The highest BCUT2D eigenvalue weighted by atomic mass is 16.5. The van der Waals surface area contributed by atoms with Gasteiger partial charge in [0.15, 0.2) is 0 Å². The topological polar surface area (TPSA) is 76.8 Å². The predicted molar refractivity (Wildman–Crippen MR) is 80.1 cm³/mol. The van der Waals surface area contributed by atoms with E-state index in [1.807, 2.05) is 0 Å². The summed E-state index contributed by atoms with van der Waals surface area (Å²) in [5, 5.41) is 0. The van der Waals surface area contributed by atoms with Gasteiger partial charge in [-0.3, -0.25) is 15.1 Å². The van der Waals surface area contributed by atoms with E-state index >= 15 is 0 Å². The third kappa shape index (κ3) is 4.70. The Morgan fingerprint density at radius 3 is 2.90 bits per heavy atom. The van der Waals surface area contributed by atoms with E-state index in [2.05, 4.69) is 17.2 Å². The number of amides is 1. The maximum absolute atomic E-state index is 11.3. The molecule has 6 nitrogen and oxygen atoms in total. The van der Waals surface area contributed by atoms with Crippen molar-refractivity contribution in [2.24, 2.45) is 5.84 Å². The lowest BCUT2D eigenvalue weighted by atomic mass is 10.2. The second-order valence-electron chi connectivity index (χ2n) is 5.05. The zero-order chi connectivity index (χ0) is 15.1. The molecule has 0 radical (unpaired) electrons. The van der Waals surface area contributed by atoms with E-state index in [9.17, 15) is 4.79 Å². The molecule has 1 heterocycles. The Kier molecular flexibility index (Phi) is 5.98. The molecule has 116 valence electrons. The number of ether oxygens (including phenoxy) is 2. The Balaban J connectivity index is 1.74. The summed E-state index contributed by atoms with van der Waals surface area (Å²) in [6, 6.07) is 6.94. The van der Waals surface area contributed by atoms with Crippen LogP contribution < -0.4 is 16.0 Å².